The third-order valence-corrected chi connectivity index (χ3v) is 4.94. The van der Waals surface area contributed by atoms with Crippen LogP contribution in [0.3, 0.4) is 0 Å². The van der Waals surface area contributed by atoms with Crippen molar-refractivity contribution < 1.29 is 13.2 Å². The highest BCUT2D eigenvalue weighted by Gasteiger charge is 2.23. The Hall–Kier alpha value is -2.19. The molecular weight excluding hydrogens is 330 g/mol. The zero-order valence-corrected chi connectivity index (χ0v) is 14.4. The van der Waals surface area contributed by atoms with E-state index in [0.717, 1.165) is 24.1 Å². The van der Waals surface area contributed by atoms with Crippen LogP contribution in [0.25, 0.3) is 0 Å². The molecule has 24 heavy (non-hydrogen) atoms. The van der Waals surface area contributed by atoms with Crippen molar-refractivity contribution in [2.45, 2.75) is 24.7 Å². The van der Waals surface area contributed by atoms with Crippen LogP contribution in [0.2, 0.25) is 0 Å². The van der Waals surface area contributed by atoms with E-state index in [0.29, 0.717) is 30.8 Å². The lowest BCUT2D eigenvalue weighted by atomic mass is 10.1. The van der Waals surface area contributed by atoms with E-state index in [4.69, 9.17) is 4.74 Å². The van der Waals surface area contributed by atoms with Crippen molar-refractivity contribution >= 4 is 9.84 Å². The van der Waals surface area contributed by atoms with Crippen molar-refractivity contribution in [2.75, 3.05) is 19.9 Å². The van der Waals surface area contributed by atoms with Gasteiger partial charge in [-0.2, -0.15) is 0 Å². The molecule has 0 aliphatic carbocycles. The average Bonchev–Trinajstić information content (AvgIpc) is 2.54. The first-order valence-corrected chi connectivity index (χ1v) is 9.43. The third kappa shape index (κ3) is 3.49. The molecule has 0 amide bonds. The largest absolute Gasteiger partial charge is 0.497 e. The lowest BCUT2D eigenvalue weighted by Gasteiger charge is -2.27. The number of aromatic amines is 1. The summed E-state index contributed by atoms with van der Waals surface area (Å²) >= 11 is 0. The van der Waals surface area contributed by atoms with E-state index in [1.54, 1.807) is 7.11 Å². The Morgan fingerprint density at radius 3 is 2.62 bits per heavy atom. The Bertz CT molecular complexity index is 904. The first-order valence-electron chi connectivity index (χ1n) is 7.54. The molecule has 0 spiro atoms. The number of sulfone groups is 1. The second kappa shape index (κ2) is 6.37. The molecule has 2 aromatic rings. The number of methoxy groups -OCH3 is 1. The van der Waals surface area contributed by atoms with Crippen LogP contribution in [0.15, 0.2) is 34.2 Å². The summed E-state index contributed by atoms with van der Waals surface area (Å²) in [6, 6.07) is 7.78. The minimum Gasteiger partial charge on any atom is -0.497 e. The SMILES string of the molecule is COc1ccc(CN2CCc3c(nc(S(C)(=O)=O)[nH]c3=O)C2)cc1. The third-order valence-electron chi connectivity index (χ3n) is 4.05. The molecule has 1 N–H and O–H groups in total. The van der Waals surface area contributed by atoms with Gasteiger partial charge in [-0.1, -0.05) is 12.1 Å². The van der Waals surface area contributed by atoms with Crippen LogP contribution in [-0.2, 0) is 29.3 Å². The second-order valence-electron chi connectivity index (χ2n) is 5.88. The Balaban J connectivity index is 1.82. The topological polar surface area (TPSA) is 92.4 Å². The molecule has 0 unspecified atom stereocenters. The van der Waals surface area contributed by atoms with Crippen molar-refractivity contribution in [3.63, 3.8) is 0 Å². The van der Waals surface area contributed by atoms with E-state index in [2.05, 4.69) is 14.9 Å². The molecule has 0 saturated carbocycles. The summed E-state index contributed by atoms with van der Waals surface area (Å²) in [6.45, 7) is 1.88. The van der Waals surface area contributed by atoms with E-state index in [1.807, 2.05) is 24.3 Å². The van der Waals surface area contributed by atoms with Gasteiger partial charge in [0.05, 0.1) is 12.8 Å². The van der Waals surface area contributed by atoms with Gasteiger partial charge in [-0.25, -0.2) is 13.4 Å². The maximum atomic E-state index is 12.1. The lowest BCUT2D eigenvalue weighted by molar-refractivity contribution is 0.239. The summed E-state index contributed by atoms with van der Waals surface area (Å²) in [6.07, 6.45) is 1.59. The molecule has 7 nitrogen and oxygen atoms in total. The van der Waals surface area contributed by atoms with Gasteiger partial charge in [0.15, 0.2) is 0 Å². The van der Waals surface area contributed by atoms with Gasteiger partial charge >= 0.3 is 0 Å². The van der Waals surface area contributed by atoms with Crippen LogP contribution < -0.4 is 10.3 Å². The number of benzene rings is 1. The first-order chi connectivity index (χ1) is 11.4. The van der Waals surface area contributed by atoms with Crippen molar-refractivity contribution in [1.82, 2.24) is 14.9 Å². The van der Waals surface area contributed by atoms with Gasteiger partial charge in [0, 0.05) is 31.5 Å². The standard InChI is InChI=1S/C16H19N3O4S/c1-23-12-5-3-11(4-6-12)9-19-8-7-13-14(10-19)17-16(18-15(13)20)24(2,21)22/h3-6H,7-10H2,1-2H3,(H,17,18,20). The quantitative estimate of drug-likeness (QED) is 0.819. The van der Waals surface area contributed by atoms with E-state index in [1.165, 1.54) is 0 Å². The molecule has 0 radical (unpaired) electrons. The van der Waals surface area contributed by atoms with Crippen molar-refractivity contribution in [3.8, 4) is 5.75 Å². The predicted octanol–water partition coefficient (Wildman–Crippen LogP) is 0.740. The minimum absolute atomic E-state index is 0.266. The number of nitrogens with zero attached hydrogens (tertiary/aromatic N) is 2. The van der Waals surface area contributed by atoms with E-state index in [9.17, 15) is 13.2 Å². The Labute approximate surface area is 140 Å². The summed E-state index contributed by atoms with van der Waals surface area (Å²) in [4.78, 5) is 20.7. The maximum Gasteiger partial charge on any atom is 0.255 e. The van der Waals surface area contributed by atoms with Gasteiger partial charge in [0.1, 0.15) is 5.75 Å². The molecular formula is C16H19N3O4S. The van der Waals surface area contributed by atoms with E-state index >= 15 is 0 Å². The minimum atomic E-state index is -3.54. The van der Waals surface area contributed by atoms with Crippen LogP contribution in [0.1, 0.15) is 16.8 Å². The Morgan fingerprint density at radius 1 is 1.29 bits per heavy atom. The molecule has 128 valence electrons. The fourth-order valence-electron chi connectivity index (χ4n) is 2.77. The Kier molecular flexibility index (Phi) is 4.42. The van der Waals surface area contributed by atoms with Gasteiger partial charge in [0.2, 0.25) is 15.0 Å². The van der Waals surface area contributed by atoms with Crippen molar-refractivity contribution in [3.05, 3.63) is 51.4 Å². The number of fused-ring (bicyclic) bond motifs is 1. The Morgan fingerprint density at radius 2 is 2.00 bits per heavy atom. The summed E-state index contributed by atoms with van der Waals surface area (Å²) in [5, 5.41) is -0.266. The highest BCUT2D eigenvalue weighted by atomic mass is 32.2. The van der Waals surface area contributed by atoms with Crippen LogP contribution in [0, 0.1) is 0 Å². The fourth-order valence-corrected chi connectivity index (χ4v) is 3.32. The number of H-pyrrole nitrogens is 1. The molecule has 1 aliphatic rings. The highest BCUT2D eigenvalue weighted by Crippen LogP contribution is 2.19. The average molecular weight is 349 g/mol. The lowest BCUT2D eigenvalue weighted by Crippen LogP contribution is -2.35. The number of hydrogen-bond acceptors (Lipinski definition) is 6. The predicted molar refractivity (Wildman–Crippen MR) is 88.8 cm³/mol. The molecule has 0 saturated heterocycles. The number of rotatable bonds is 4. The monoisotopic (exact) mass is 349 g/mol. The van der Waals surface area contributed by atoms with Crippen molar-refractivity contribution in [1.29, 1.82) is 0 Å². The zero-order chi connectivity index (χ0) is 17.3. The molecule has 0 atom stereocenters. The number of hydrogen-bond donors (Lipinski definition) is 1. The molecule has 2 heterocycles. The zero-order valence-electron chi connectivity index (χ0n) is 13.6. The van der Waals surface area contributed by atoms with Crippen LogP contribution in [0.5, 0.6) is 5.75 Å². The molecule has 1 aromatic heterocycles. The number of ether oxygens (including phenoxy) is 1. The summed E-state index contributed by atoms with van der Waals surface area (Å²) in [7, 11) is -1.92. The molecule has 1 aliphatic heterocycles. The van der Waals surface area contributed by atoms with Crippen molar-refractivity contribution in [2.24, 2.45) is 0 Å². The summed E-state index contributed by atoms with van der Waals surface area (Å²) in [5.74, 6) is 0.800. The second-order valence-corrected chi connectivity index (χ2v) is 7.81. The summed E-state index contributed by atoms with van der Waals surface area (Å²) in [5.41, 5.74) is 1.88. The van der Waals surface area contributed by atoms with Crippen LogP contribution in [-0.4, -0.2) is 43.2 Å². The molecule has 3 rings (SSSR count). The normalized spacial score (nSPS) is 15.1. The van der Waals surface area contributed by atoms with Gasteiger partial charge in [-0.15, -0.1) is 0 Å². The van der Waals surface area contributed by atoms with Gasteiger partial charge in [-0.05, 0) is 24.1 Å². The number of aromatic nitrogens is 2. The summed E-state index contributed by atoms with van der Waals surface area (Å²) < 4.78 is 28.4. The number of nitrogens with one attached hydrogen (secondary N) is 1. The molecule has 8 heteroatoms. The molecule has 1 aromatic carbocycles. The van der Waals surface area contributed by atoms with E-state index in [-0.39, 0.29) is 10.7 Å². The van der Waals surface area contributed by atoms with Gasteiger partial charge in [0.25, 0.3) is 5.56 Å². The fraction of sp³-hybridized carbons (Fsp3) is 0.375. The van der Waals surface area contributed by atoms with E-state index < -0.39 is 9.84 Å². The highest BCUT2D eigenvalue weighted by molar-refractivity contribution is 7.90. The van der Waals surface area contributed by atoms with Gasteiger partial charge < -0.3 is 4.74 Å². The van der Waals surface area contributed by atoms with Crippen LogP contribution in [0.4, 0.5) is 0 Å². The maximum absolute atomic E-state index is 12.1. The smallest absolute Gasteiger partial charge is 0.255 e. The molecule has 0 bridgehead atoms. The van der Waals surface area contributed by atoms with Gasteiger partial charge in [-0.3, -0.25) is 14.7 Å². The first kappa shape index (κ1) is 16.7. The van der Waals surface area contributed by atoms with Crippen LogP contribution >= 0.6 is 0 Å². The molecule has 0 fully saturated rings.